The number of benzene rings is 5. The summed E-state index contributed by atoms with van der Waals surface area (Å²) < 4.78 is 6.65. The maximum atomic E-state index is 6.65. The van der Waals surface area contributed by atoms with Gasteiger partial charge < -0.3 is 9.33 Å². The molecule has 0 saturated carbocycles. The molecule has 0 aliphatic heterocycles. The highest BCUT2D eigenvalue weighted by Gasteiger charge is 2.21. The minimum atomic E-state index is -1.96. The fourth-order valence-electron chi connectivity index (χ4n) is 4.02. The van der Waals surface area contributed by atoms with Crippen LogP contribution in [0.3, 0.4) is 0 Å². The summed E-state index contributed by atoms with van der Waals surface area (Å²) in [5.74, 6) is 0.909. The molecule has 3 heteroatoms. The largest absolute Gasteiger partial charge is 0.537 e. The molecule has 0 amide bonds. The molecule has 5 aromatic rings. The van der Waals surface area contributed by atoms with Gasteiger partial charge >= 0.3 is 0 Å². The molecule has 0 aliphatic carbocycles. The van der Waals surface area contributed by atoms with Crippen molar-refractivity contribution in [2.24, 2.45) is 0 Å². The number of rotatable bonds is 7. The monoisotopic (exact) mass is 443 g/mol. The fourth-order valence-corrected chi connectivity index (χ4v) is 6.29. The van der Waals surface area contributed by atoms with Gasteiger partial charge in [0, 0.05) is 17.1 Å². The summed E-state index contributed by atoms with van der Waals surface area (Å²) in [6.45, 7) is 0. The Balaban J connectivity index is 1.59. The van der Waals surface area contributed by atoms with Gasteiger partial charge in [-0.05, 0) is 58.9 Å². The highest BCUT2D eigenvalue weighted by molar-refractivity contribution is 6.80. The SMILES string of the molecule is c1ccc(O[SiH](c2ccccc2)c2cccc(N(c3ccccc3)c3ccccc3)c2)cc1. The van der Waals surface area contributed by atoms with Gasteiger partial charge in [-0.25, -0.2) is 0 Å². The van der Waals surface area contributed by atoms with E-state index in [1.54, 1.807) is 0 Å². The molecule has 1 atom stereocenters. The lowest BCUT2D eigenvalue weighted by Crippen LogP contribution is -2.47. The molecule has 5 rings (SSSR count). The van der Waals surface area contributed by atoms with Crippen LogP contribution in [0, 0.1) is 0 Å². The molecule has 0 fully saturated rings. The Labute approximate surface area is 197 Å². The van der Waals surface area contributed by atoms with E-state index in [1.165, 1.54) is 10.4 Å². The third-order valence-electron chi connectivity index (χ3n) is 5.56. The van der Waals surface area contributed by atoms with Crippen molar-refractivity contribution in [3.05, 3.63) is 146 Å². The summed E-state index contributed by atoms with van der Waals surface area (Å²) in [6, 6.07) is 50.5. The van der Waals surface area contributed by atoms with E-state index >= 15 is 0 Å². The topological polar surface area (TPSA) is 12.5 Å². The zero-order valence-corrected chi connectivity index (χ0v) is 19.4. The van der Waals surface area contributed by atoms with Gasteiger partial charge in [0.2, 0.25) is 0 Å². The van der Waals surface area contributed by atoms with E-state index < -0.39 is 9.04 Å². The number of anilines is 3. The van der Waals surface area contributed by atoms with Gasteiger partial charge in [0.25, 0.3) is 9.04 Å². The van der Waals surface area contributed by atoms with Crippen molar-refractivity contribution in [1.29, 1.82) is 0 Å². The zero-order chi connectivity index (χ0) is 22.3. The standard InChI is InChI=1S/C30H25NOSi/c1-5-14-25(15-6-1)31(26-16-7-2-8-17-26)27-18-13-23-30(24-27)33(29-21-11-4-12-22-29)32-28-19-9-3-10-20-28/h1-24,33H. The third-order valence-corrected chi connectivity index (χ3v) is 8.02. The van der Waals surface area contributed by atoms with Gasteiger partial charge in [0.1, 0.15) is 5.75 Å². The second-order valence-corrected chi connectivity index (χ2v) is 10.2. The van der Waals surface area contributed by atoms with Crippen molar-refractivity contribution < 1.29 is 4.43 Å². The second-order valence-electron chi connectivity index (χ2n) is 7.82. The van der Waals surface area contributed by atoms with Crippen molar-refractivity contribution in [2.75, 3.05) is 4.90 Å². The first-order chi connectivity index (χ1) is 16.4. The number of hydrogen-bond acceptors (Lipinski definition) is 2. The van der Waals surface area contributed by atoms with E-state index in [2.05, 4.69) is 120 Å². The average Bonchev–Trinajstić information content (AvgIpc) is 2.90. The van der Waals surface area contributed by atoms with Crippen LogP contribution in [0.15, 0.2) is 146 Å². The molecule has 0 saturated heterocycles. The predicted octanol–water partition coefficient (Wildman–Crippen LogP) is 6.07. The van der Waals surface area contributed by atoms with Crippen LogP contribution in [-0.4, -0.2) is 9.04 Å². The minimum absolute atomic E-state index is 0.909. The molecule has 0 bridgehead atoms. The molecule has 2 nitrogen and oxygen atoms in total. The molecule has 5 aromatic carbocycles. The van der Waals surface area contributed by atoms with Crippen LogP contribution in [0.4, 0.5) is 17.1 Å². The Morgan fingerprint density at radius 1 is 0.424 bits per heavy atom. The van der Waals surface area contributed by atoms with E-state index in [0.717, 1.165) is 22.8 Å². The van der Waals surface area contributed by atoms with Crippen LogP contribution in [-0.2, 0) is 0 Å². The Morgan fingerprint density at radius 3 is 1.45 bits per heavy atom. The quantitative estimate of drug-likeness (QED) is 0.283. The second kappa shape index (κ2) is 10.0. The Bertz CT molecular complexity index is 1240. The molecule has 0 aliphatic rings. The van der Waals surface area contributed by atoms with Crippen molar-refractivity contribution in [1.82, 2.24) is 0 Å². The molecular weight excluding hydrogens is 418 g/mol. The predicted molar refractivity (Wildman–Crippen MR) is 141 cm³/mol. The van der Waals surface area contributed by atoms with E-state index in [0.29, 0.717) is 0 Å². The van der Waals surface area contributed by atoms with E-state index in [1.807, 2.05) is 30.3 Å². The van der Waals surface area contributed by atoms with E-state index in [4.69, 9.17) is 4.43 Å². The first-order valence-corrected chi connectivity index (χ1v) is 12.8. The van der Waals surface area contributed by atoms with Gasteiger partial charge in [-0.3, -0.25) is 0 Å². The van der Waals surface area contributed by atoms with Crippen LogP contribution in [0.25, 0.3) is 0 Å². The van der Waals surface area contributed by atoms with Gasteiger partial charge in [0.15, 0.2) is 0 Å². The lowest BCUT2D eigenvalue weighted by Gasteiger charge is -2.27. The summed E-state index contributed by atoms with van der Waals surface area (Å²) in [4.78, 5) is 2.29. The molecule has 1 unspecified atom stereocenters. The van der Waals surface area contributed by atoms with Gasteiger partial charge in [-0.15, -0.1) is 0 Å². The molecule has 0 spiro atoms. The van der Waals surface area contributed by atoms with Crippen molar-refractivity contribution >= 4 is 36.5 Å². The van der Waals surface area contributed by atoms with Crippen molar-refractivity contribution in [2.45, 2.75) is 0 Å². The van der Waals surface area contributed by atoms with Crippen LogP contribution in [0.2, 0.25) is 0 Å². The summed E-state index contributed by atoms with van der Waals surface area (Å²) >= 11 is 0. The summed E-state index contributed by atoms with van der Waals surface area (Å²) in [6.07, 6.45) is 0. The highest BCUT2D eigenvalue weighted by Crippen LogP contribution is 2.33. The average molecular weight is 444 g/mol. The molecule has 0 aromatic heterocycles. The van der Waals surface area contributed by atoms with Gasteiger partial charge in [0.05, 0.1) is 0 Å². The third kappa shape index (κ3) is 4.89. The molecule has 0 N–H and O–H groups in total. The normalized spacial score (nSPS) is 11.5. The number of para-hydroxylation sites is 3. The lowest BCUT2D eigenvalue weighted by molar-refractivity contribution is 0.592. The first kappa shape index (κ1) is 20.8. The Morgan fingerprint density at radius 2 is 0.879 bits per heavy atom. The van der Waals surface area contributed by atoms with E-state index in [-0.39, 0.29) is 0 Å². The smallest absolute Gasteiger partial charge is 0.299 e. The van der Waals surface area contributed by atoms with E-state index in [9.17, 15) is 0 Å². The van der Waals surface area contributed by atoms with Crippen LogP contribution >= 0.6 is 0 Å². The highest BCUT2D eigenvalue weighted by atomic mass is 28.3. The summed E-state index contributed by atoms with van der Waals surface area (Å²) in [7, 11) is -1.96. The zero-order valence-electron chi connectivity index (χ0n) is 18.3. The summed E-state index contributed by atoms with van der Waals surface area (Å²) in [5, 5.41) is 2.49. The molecule has 0 heterocycles. The van der Waals surface area contributed by atoms with Crippen LogP contribution < -0.4 is 19.7 Å². The maximum Gasteiger partial charge on any atom is 0.299 e. The molecule has 0 radical (unpaired) electrons. The number of nitrogens with zero attached hydrogens (tertiary/aromatic N) is 1. The Hall–Kier alpha value is -4.08. The molecular formula is C30H25NOSi. The maximum absolute atomic E-state index is 6.65. The van der Waals surface area contributed by atoms with Crippen molar-refractivity contribution in [3.8, 4) is 5.75 Å². The van der Waals surface area contributed by atoms with Crippen LogP contribution in [0.1, 0.15) is 0 Å². The van der Waals surface area contributed by atoms with Crippen molar-refractivity contribution in [3.63, 3.8) is 0 Å². The minimum Gasteiger partial charge on any atom is -0.537 e. The molecule has 33 heavy (non-hydrogen) atoms. The number of hydrogen-bond donors (Lipinski definition) is 0. The van der Waals surface area contributed by atoms with Gasteiger partial charge in [-0.2, -0.15) is 0 Å². The van der Waals surface area contributed by atoms with Crippen LogP contribution in [0.5, 0.6) is 5.75 Å². The summed E-state index contributed by atoms with van der Waals surface area (Å²) in [5.41, 5.74) is 3.38. The van der Waals surface area contributed by atoms with Gasteiger partial charge in [-0.1, -0.05) is 97.1 Å². The molecule has 160 valence electrons. The fraction of sp³-hybridized carbons (Fsp3) is 0. The lowest BCUT2D eigenvalue weighted by atomic mass is 10.2. The Kier molecular flexibility index (Phi) is 6.32. The first-order valence-electron chi connectivity index (χ1n) is 11.2.